The molecular formula is C19H19N3O2. The molecule has 0 bridgehead atoms. The number of aromatic hydroxyl groups is 1. The van der Waals surface area contributed by atoms with E-state index in [-0.39, 0.29) is 11.3 Å². The Kier molecular flexibility index (Phi) is 5.98. The first kappa shape index (κ1) is 17.1. The molecule has 0 unspecified atom stereocenters. The summed E-state index contributed by atoms with van der Waals surface area (Å²) in [7, 11) is 0. The maximum Gasteiger partial charge on any atom is 0.263 e. The smallest absolute Gasteiger partial charge is 0.263 e. The average molecular weight is 321 g/mol. The van der Waals surface area contributed by atoms with Crippen LogP contribution in [0.5, 0.6) is 5.75 Å². The molecule has 0 radical (unpaired) electrons. The number of hydrogen-bond donors (Lipinski definition) is 3. The fraction of sp³-hybridized carbons (Fsp3) is 0.158. The zero-order valence-corrected chi connectivity index (χ0v) is 13.4. The zero-order valence-electron chi connectivity index (χ0n) is 13.4. The summed E-state index contributed by atoms with van der Waals surface area (Å²) in [5, 5.41) is 24.4. The van der Waals surface area contributed by atoms with Gasteiger partial charge in [-0.3, -0.25) is 4.79 Å². The molecule has 0 aliphatic rings. The summed E-state index contributed by atoms with van der Waals surface area (Å²) in [5.41, 5.74) is 2.46. The minimum Gasteiger partial charge on any atom is -0.506 e. The lowest BCUT2D eigenvalue weighted by molar-refractivity contribution is -0.117. The van der Waals surface area contributed by atoms with Crippen LogP contribution >= 0.6 is 0 Å². The number of nitriles is 1. The first-order valence-electron chi connectivity index (χ1n) is 7.58. The zero-order chi connectivity index (χ0) is 17.4. The molecule has 24 heavy (non-hydrogen) atoms. The number of carbonyl (C=O) groups excluding carboxylic acids is 1. The monoisotopic (exact) mass is 321 g/mol. The summed E-state index contributed by atoms with van der Waals surface area (Å²) >= 11 is 0. The quantitative estimate of drug-likeness (QED) is 0.434. The highest BCUT2D eigenvalue weighted by atomic mass is 16.3. The van der Waals surface area contributed by atoms with Crippen LogP contribution in [-0.4, -0.2) is 17.6 Å². The average Bonchev–Trinajstić information content (AvgIpc) is 2.59. The maximum absolute atomic E-state index is 12.0. The number of amides is 1. The summed E-state index contributed by atoms with van der Waals surface area (Å²) in [6, 6.07) is 16.7. The highest BCUT2D eigenvalue weighted by Crippen LogP contribution is 2.23. The van der Waals surface area contributed by atoms with Crippen molar-refractivity contribution < 1.29 is 9.90 Å². The molecule has 2 aromatic rings. The van der Waals surface area contributed by atoms with Crippen molar-refractivity contribution in [3.05, 3.63) is 71.4 Å². The molecule has 1 amide bonds. The van der Waals surface area contributed by atoms with Crippen molar-refractivity contribution in [2.24, 2.45) is 0 Å². The molecule has 0 atom stereocenters. The van der Waals surface area contributed by atoms with E-state index in [1.54, 1.807) is 18.2 Å². The van der Waals surface area contributed by atoms with E-state index in [0.717, 1.165) is 11.1 Å². The summed E-state index contributed by atoms with van der Waals surface area (Å²) in [6.45, 7) is 2.33. The molecule has 0 saturated carbocycles. The lowest BCUT2D eigenvalue weighted by atomic mass is 10.1. The molecule has 2 rings (SSSR count). The molecule has 0 aliphatic heterocycles. The van der Waals surface area contributed by atoms with Crippen LogP contribution in [0.15, 0.2) is 60.3 Å². The number of anilines is 1. The van der Waals surface area contributed by atoms with Crippen LogP contribution in [0, 0.1) is 18.3 Å². The summed E-state index contributed by atoms with van der Waals surface area (Å²) < 4.78 is 0. The van der Waals surface area contributed by atoms with Crippen LogP contribution in [-0.2, 0) is 11.2 Å². The first-order chi connectivity index (χ1) is 11.6. The molecule has 3 N–H and O–H groups in total. The second kappa shape index (κ2) is 8.39. The molecule has 2 aromatic carbocycles. The summed E-state index contributed by atoms with van der Waals surface area (Å²) in [6.07, 6.45) is 1.99. The van der Waals surface area contributed by atoms with Gasteiger partial charge in [-0.15, -0.1) is 0 Å². The Morgan fingerprint density at radius 3 is 2.71 bits per heavy atom. The number of benzene rings is 2. The van der Waals surface area contributed by atoms with Crippen molar-refractivity contribution >= 4 is 11.6 Å². The minimum absolute atomic E-state index is 0.0519. The van der Waals surface area contributed by atoms with Crippen molar-refractivity contribution in [2.75, 3.05) is 11.9 Å². The van der Waals surface area contributed by atoms with Crippen molar-refractivity contribution in [1.82, 2.24) is 5.32 Å². The number of phenolic OH excluding ortho intramolecular Hbond substituents is 1. The van der Waals surface area contributed by atoms with E-state index < -0.39 is 5.91 Å². The number of carbonyl (C=O) groups is 1. The van der Waals surface area contributed by atoms with Crippen LogP contribution in [0.3, 0.4) is 0 Å². The van der Waals surface area contributed by atoms with Gasteiger partial charge in [-0.1, -0.05) is 36.4 Å². The van der Waals surface area contributed by atoms with Gasteiger partial charge in [-0.2, -0.15) is 5.26 Å². The highest BCUT2D eigenvalue weighted by Gasteiger charge is 2.08. The summed E-state index contributed by atoms with van der Waals surface area (Å²) in [4.78, 5) is 12.0. The van der Waals surface area contributed by atoms with Gasteiger partial charge in [0.15, 0.2) is 0 Å². The fourth-order valence-electron chi connectivity index (χ4n) is 2.12. The molecular weight excluding hydrogens is 302 g/mol. The normalized spacial score (nSPS) is 10.8. The van der Waals surface area contributed by atoms with Gasteiger partial charge in [0, 0.05) is 12.7 Å². The Morgan fingerprint density at radius 1 is 1.25 bits per heavy atom. The first-order valence-corrected chi connectivity index (χ1v) is 7.58. The van der Waals surface area contributed by atoms with E-state index in [2.05, 4.69) is 10.6 Å². The van der Waals surface area contributed by atoms with Gasteiger partial charge in [0.1, 0.15) is 17.4 Å². The van der Waals surface area contributed by atoms with Crippen LogP contribution in [0.25, 0.3) is 0 Å². The lowest BCUT2D eigenvalue weighted by Gasteiger charge is -2.07. The number of nitrogens with one attached hydrogen (secondary N) is 2. The Balaban J connectivity index is 1.93. The van der Waals surface area contributed by atoms with Gasteiger partial charge in [0.2, 0.25) is 0 Å². The lowest BCUT2D eigenvalue weighted by Crippen LogP contribution is -2.27. The predicted octanol–water partition coefficient (Wildman–Crippen LogP) is 2.88. The molecule has 5 heteroatoms. The number of nitrogens with zero attached hydrogens (tertiary/aromatic N) is 1. The molecule has 0 saturated heterocycles. The molecule has 0 aromatic heterocycles. The Morgan fingerprint density at radius 2 is 2.00 bits per heavy atom. The topological polar surface area (TPSA) is 85.2 Å². The molecule has 122 valence electrons. The Labute approximate surface area is 141 Å². The number of hydrogen-bond acceptors (Lipinski definition) is 4. The molecule has 0 fully saturated rings. The fourth-order valence-corrected chi connectivity index (χ4v) is 2.12. The van der Waals surface area contributed by atoms with Gasteiger partial charge < -0.3 is 15.7 Å². The maximum atomic E-state index is 12.0. The van der Waals surface area contributed by atoms with Crippen molar-refractivity contribution in [3.63, 3.8) is 0 Å². The summed E-state index contributed by atoms with van der Waals surface area (Å²) in [5.74, 6) is -0.397. The molecule has 0 spiro atoms. The van der Waals surface area contributed by atoms with E-state index in [9.17, 15) is 9.90 Å². The van der Waals surface area contributed by atoms with E-state index >= 15 is 0 Å². The second-order valence-corrected chi connectivity index (χ2v) is 5.33. The number of phenols is 1. The van der Waals surface area contributed by atoms with Crippen LogP contribution in [0.2, 0.25) is 0 Å². The SMILES string of the molecule is Cc1ccc(O)c(N/C=C(/C#N)C(=O)NCCc2ccccc2)c1. The van der Waals surface area contributed by atoms with E-state index in [0.29, 0.717) is 18.7 Å². The molecule has 5 nitrogen and oxygen atoms in total. The van der Waals surface area contributed by atoms with Gasteiger partial charge in [-0.05, 0) is 36.6 Å². The highest BCUT2D eigenvalue weighted by molar-refractivity contribution is 5.97. The van der Waals surface area contributed by atoms with E-state index in [1.807, 2.05) is 43.3 Å². The van der Waals surface area contributed by atoms with Crippen LogP contribution < -0.4 is 10.6 Å². The van der Waals surface area contributed by atoms with E-state index in [1.165, 1.54) is 6.20 Å². The van der Waals surface area contributed by atoms with Gasteiger partial charge in [0.25, 0.3) is 5.91 Å². The van der Waals surface area contributed by atoms with E-state index in [4.69, 9.17) is 5.26 Å². The van der Waals surface area contributed by atoms with Gasteiger partial charge in [-0.25, -0.2) is 0 Å². The minimum atomic E-state index is -0.451. The number of rotatable bonds is 6. The predicted molar refractivity (Wildman–Crippen MR) is 93.3 cm³/mol. The van der Waals surface area contributed by atoms with Crippen LogP contribution in [0.1, 0.15) is 11.1 Å². The van der Waals surface area contributed by atoms with Gasteiger partial charge in [0.05, 0.1) is 5.69 Å². The molecule has 0 heterocycles. The van der Waals surface area contributed by atoms with Gasteiger partial charge >= 0.3 is 0 Å². The van der Waals surface area contributed by atoms with Crippen molar-refractivity contribution in [2.45, 2.75) is 13.3 Å². The van der Waals surface area contributed by atoms with Crippen molar-refractivity contribution in [1.29, 1.82) is 5.26 Å². The third kappa shape index (κ3) is 4.89. The standard InChI is InChI=1S/C19H19N3O2/c1-14-7-8-18(23)17(11-14)22-13-16(12-20)19(24)21-10-9-15-5-3-2-4-6-15/h2-8,11,13,22-23H,9-10H2,1H3,(H,21,24)/b16-13-. The Bertz CT molecular complexity index is 777. The van der Waals surface area contributed by atoms with Crippen molar-refractivity contribution in [3.8, 4) is 11.8 Å². The molecule has 0 aliphatic carbocycles. The van der Waals surface area contributed by atoms with Crippen LogP contribution in [0.4, 0.5) is 5.69 Å². The second-order valence-electron chi connectivity index (χ2n) is 5.33. The largest absolute Gasteiger partial charge is 0.506 e. The Hall–Kier alpha value is -3.26. The number of aryl methyl sites for hydroxylation is 1. The third-order valence-corrected chi connectivity index (χ3v) is 3.43. The third-order valence-electron chi connectivity index (χ3n) is 3.43.